The van der Waals surface area contributed by atoms with E-state index >= 15 is 0 Å². The zero-order chi connectivity index (χ0) is 13.2. The lowest BCUT2D eigenvalue weighted by Gasteiger charge is -2.13. The van der Waals surface area contributed by atoms with Gasteiger partial charge in [-0.2, -0.15) is 0 Å². The van der Waals surface area contributed by atoms with E-state index in [1.807, 2.05) is 0 Å². The molecule has 0 saturated carbocycles. The Morgan fingerprint density at radius 3 is 2.47 bits per heavy atom. The van der Waals surface area contributed by atoms with Gasteiger partial charge in [-0.3, -0.25) is 4.72 Å². The highest BCUT2D eigenvalue weighted by Crippen LogP contribution is 2.21. The van der Waals surface area contributed by atoms with Gasteiger partial charge in [0.1, 0.15) is 5.82 Å². The summed E-state index contributed by atoms with van der Waals surface area (Å²) in [5.41, 5.74) is 4.37. The smallest absolute Gasteiger partial charge is 0.236 e. The van der Waals surface area contributed by atoms with Crippen molar-refractivity contribution in [3.8, 4) is 0 Å². The molecule has 0 spiro atoms. The highest BCUT2D eigenvalue weighted by atomic mass is 32.2. The normalized spacial score (nSPS) is 13.5. The molecule has 0 heterocycles. The third-order valence-electron chi connectivity index (χ3n) is 2.11. The molecule has 0 aliphatic rings. The summed E-state index contributed by atoms with van der Waals surface area (Å²) >= 11 is 0. The molecule has 1 aromatic rings. The van der Waals surface area contributed by atoms with E-state index in [-0.39, 0.29) is 6.54 Å². The summed E-state index contributed by atoms with van der Waals surface area (Å²) in [5.74, 6) is -4.01. The van der Waals surface area contributed by atoms with Crippen LogP contribution in [0.3, 0.4) is 0 Å². The molecule has 3 N–H and O–H groups in total. The molecule has 0 saturated heterocycles. The number of rotatable bonds is 4. The van der Waals surface area contributed by atoms with E-state index in [1.54, 1.807) is 4.72 Å². The Labute approximate surface area is 96.7 Å². The quantitative estimate of drug-likeness (QED) is 0.806. The maximum absolute atomic E-state index is 13.2. The van der Waals surface area contributed by atoms with E-state index < -0.39 is 38.4 Å². The van der Waals surface area contributed by atoms with Crippen molar-refractivity contribution in [1.29, 1.82) is 0 Å². The highest BCUT2D eigenvalue weighted by molar-refractivity contribution is 7.93. The van der Waals surface area contributed by atoms with E-state index in [9.17, 15) is 21.6 Å². The van der Waals surface area contributed by atoms with Gasteiger partial charge in [-0.1, -0.05) is 0 Å². The van der Waals surface area contributed by atoms with Gasteiger partial charge in [0.15, 0.2) is 11.6 Å². The van der Waals surface area contributed by atoms with Gasteiger partial charge < -0.3 is 5.73 Å². The SMILES string of the molecule is CC(CN)S(=O)(=O)Nc1cc(F)cc(F)c1F. The minimum absolute atomic E-state index is 0.200. The van der Waals surface area contributed by atoms with E-state index in [0.717, 1.165) is 0 Å². The molecule has 4 nitrogen and oxygen atoms in total. The summed E-state index contributed by atoms with van der Waals surface area (Å²) in [7, 11) is -3.97. The van der Waals surface area contributed by atoms with Crippen LogP contribution in [0.5, 0.6) is 0 Å². The fraction of sp³-hybridized carbons (Fsp3) is 0.333. The van der Waals surface area contributed by atoms with Crippen LogP contribution < -0.4 is 10.5 Å². The summed E-state index contributed by atoms with van der Waals surface area (Å²) < 4.78 is 63.6. The molecule has 1 aromatic carbocycles. The second-order valence-electron chi connectivity index (χ2n) is 3.44. The van der Waals surface area contributed by atoms with E-state index in [4.69, 9.17) is 5.73 Å². The standard InChI is InChI=1S/C9H11F3N2O2S/c1-5(4-13)17(15,16)14-8-3-6(10)2-7(11)9(8)12/h2-3,5,14H,4,13H2,1H3. The molecule has 0 fully saturated rings. The van der Waals surface area contributed by atoms with Crippen molar-refractivity contribution < 1.29 is 21.6 Å². The number of nitrogens with one attached hydrogen (secondary N) is 1. The van der Waals surface area contributed by atoms with Gasteiger partial charge >= 0.3 is 0 Å². The monoisotopic (exact) mass is 268 g/mol. The fourth-order valence-corrected chi connectivity index (χ4v) is 1.92. The minimum Gasteiger partial charge on any atom is -0.329 e. The molecule has 0 aliphatic heterocycles. The second-order valence-corrected chi connectivity index (χ2v) is 5.54. The molecular formula is C9H11F3N2O2S. The minimum atomic E-state index is -3.97. The molecule has 1 unspecified atom stereocenters. The summed E-state index contributed by atoms with van der Waals surface area (Å²) in [5, 5.41) is -1.01. The molecular weight excluding hydrogens is 257 g/mol. The molecule has 0 radical (unpaired) electrons. The Bertz CT molecular complexity index is 519. The first-order valence-electron chi connectivity index (χ1n) is 4.64. The summed E-state index contributed by atoms with van der Waals surface area (Å²) in [4.78, 5) is 0. The number of sulfonamides is 1. The van der Waals surface area contributed by atoms with E-state index in [2.05, 4.69) is 0 Å². The van der Waals surface area contributed by atoms with Crippen molar-refractivity contribution in [2.24, 2.45) is 5.73 Å². The summed E-state index contributed by atoms with van der Waals surface area (Å²) in [6, 6.07) is 0.874. The van der Waals surface area contributed by atoms with Crippen LogP contribution in [0.15, 0.2) is 12.1 Å². The van der Waals surface area contributed by atoms with Crippen LogP contribution in [-0.4, -0.2) is 20.2 Å². The van der Waals surface area contributed by atoms with Crippen LogP contribution in [0.25, 0.3) is 0 Å². The summed E-state index contributed by atoms with van der Waals surface area (Å²) in [6.07, 6.45) is 0. The first-order valence-corrected chi connectivity index (χ1v) is 6.18. The van der Waals surface area contributed by atoms with Crippen LogP contribution in [0.1, 0.15) is 6.92 Å². The highest BCUT2D eigenvalue weighted by Gasteiger charge is 2.22. The first kappa shape index (κ1) is 13.8. The van der Waals surface area contributed by atoms with Gasteiger partial charge in [-0.05, 0) is 6.92 Å². The number of nitrogens with two attached hydrogens (primary N) is 1. The van der Waals surface area contributed by atoms with Crippen molar-refractivity contribution in [3.05, 3.63) is 29.6 Å². The largest absolute Gasteiger partial charge is 0.329 e. The maximum atomic E-state index is 13.2. The van der Waals surface area contributed by atoms with E-state index in [0.29, 0.717) is 12.1 Å². The molecule has 0 bridgehead atoms. The third-order valence-corrected chi connectivity index (χ3v) is 3.86. The van der Waals surface area contributed by atoms with Gasteiger partial charge in [0.05, 0.1) is 10.9 Å². The predicted octanol–water partition coefficient (Wildman–Crippen LogP) is 1.19. The Hall–Kier alpha value is -1.28. The number of benzene rings is 1. The van der Waals surface area contributed by atoms with Crippen LogP contribution in [0.4, 0.5) is 18.9 Å². The van der Waals surface area contributed by atoms with Gasteiger partial charge in [0, 0.05) is 18.7 Å². The average Bonchev–Trinajstić information content (AvgIpc) is 2.23. The van der Waals surface area contributed by atoms with Crippen LogP contribution in [0.2, 0.25) is 0 Å². The third kappa shape index (κ3) is 3.10. The van der Waals surface area contributed by atoms with Crippen molar-refractivity contribution in [2.75, 3.05) is 11.3 Å². The molecule has 96 valence electrons. The van der Waals surface area contributed by atoms with Crippen LogP contribution >= 0.6 is 0 Å². The maximum Gasteiger partial charge on any atom is 0.236 e. The summed E-state index contributed by atoms with van der Waals surface area (Å²) in [6.45, 7) is 1.09. The Balaban J connectivity index is 3.12. The van der Waals surface area contributed by atoms with Gasteiger partial charge in [-0.25, -0.2) is 21.6 Å². The number of hydrogen-bond acceptors (Lipinski definition) is 3. The lowest BCUT2D eigenvalue weighted by molar-refractivity contribution is 0.498. The number of hydrogen-bond donors (Lipinski definition) is 2. The molecule has 0 aliphatic carbocycles. The van der Waals surface area contributed by atoms with Crippen molar-refractivity contribution in [1.82, 2.24) is 0 Å². The zero-order valence-corrected chi connectivity index (χ0v) is 9.69. The molecule has 17 heavy (non-hydrogen) atoms. The average molecular weight is 268 g/mol. The lowest BCUT2D eigenvalue weighted by atomic mass is 10.3. The van der Waals surface area contributed by atoms with Crippen molar-refractivity contribution >= 4 is 15.7 Å². The topological polar surface area (TPSA) is 72.2 Å². The molecule has 0 amide bonds. The fourth-order valence-electron chi connectivity index (χ4n) is 1.01. The first-order chi connectivity index (χ1) is 7.77. The number of anilines is 1. The molecule has 0 aromatic heterocycles. The van der Waals surface area contributed by atoms with Gasteiger partial charge in [0.25, 0.3) is 0 Å². The zero-order valence-electron chi connectivity index (χ0n) is 8.88. The molecule has 1 atom stereocenters. The Kier molecular flexibility index (Phi) is 3.99. The van der Waals surface area contributed by atoms with Gasteiger partial charge in [0.2, 0.25) is 10.0 Å². The predicted molar refractivity (Wildman–Crippen MR) is 57.4 cm³/mol. The van der Waals surface area contributed by atoms with Crippen molar-refractivity contribution in [2.45, 2.75) is 12.2 Å². The van der Waals surface area contributed by atoms with Gasteiger partial charge in [-0.15, -0.1) is 0 Å². The molecule has 8 heteroatoms. The van der Waals surface area contributed by atoms with Crippen molar-refractivity contribution in [3.63, 3.8) is 0 Å². The lowest BCUT2D eigenvalue weighted by Crippen LogP contribution is -2.32. The van der Waals surface area contributed by atoms with E-state index in [1.165, 1.54) is 6.92 Å². The Morgan fingerprint density at radius 1 is 1.35 bits per heavy atom. The molecule has 1 rings (SSSR count). The van der Waals surface area contributed by atoms with Crippen LogP contribution in [-0.2, 0) is 10.0 Å². The second kappa shape index (κ2) is 4.92. The van der Waals surface area contributed by atoms with Crippen LogP contribution in [0, 0.1) is 17.5 Å². The Morgan fingerprint density at radius 2 is 1.94 bits per heavy atom. The number of halogens is 3.